The van der Waals surface area contributed by atoms with E-state index >= 15 is 0 Å². The fraction of sp³-hybridized carbons (Fsp3) is 0.182. The van der Waals surface area contributed by atoms with E-state index < -0.39 is 0 Å². The van der Waals surface area contributed by atoms with Gasteiger partial charge in [-0.05, 0) is 26.0 Å². The van der Waals surface area contributed by atoms with Crippen LogP contribution < -0.4 is 10.1 Å². The summed E-state index contributed by atoms with van der Waals surface area (Å²) in [6, 6.07) is 17.5. The third kappa shape index (κ3) is 4.63. The van der Waals surface area contributed by atoms with Crippen LogP contribution in [0.5, 0.6) is 5.75 Å². The summed E-state index contributed by atoms with van der Waals surface area (Å²) in [6.45, 7) is 3.95. The van der Waals surface area contributed by atoms with Crippen molar-refractivity contribution in [2.24, 2.45) is 0 Å². The topological polar surface area (TPSA) is 51.2 Å². The number of methoxy groups -OCH3 is 1. The maximum Gasteiger partial charge on any atom is 0.244 e. The lowest BCUT2D eigenvalue weighted by molar-refractivity contribution is -0.117. The van der Waals surface area contributed by atoms with Gasteiger partial charge in [-0.2, -0.15) is 0 Å². The van der Waals surface area contributed by atoms with Gasteiger partial charge in [0.1, 0.15) is 10.8 Å². The zero-order valence-corrected chi connectivity index (χ0v) is 16.4. The molecule has 1 aromatic heterocycles. The molecule has 0 radical (unpaired) electrons. The summed E-state index contributed by atoms with van der Waals surface area (Å²) in [6.07, 6.45) is 3.29. The molecule has 0 bridgehead atoms. The van der Waals surface area contributed by atoms with Gasteiger partial charge >= 0.3 is 0 Å². The molecule has 1 amide bonds. The number of ether oxygens (including phenoxy) is 1. The van der Waals surface area contributed by atoms with Crippen LogP contribution in [0.1, 0.15) is 29.1 Å². The molecule has 1 N–H and O–H groups in total. The van der Waals surface area contributed by atoms with Crippen molar-refractivity contribution in [3.8, 4) is 16.3 Å². The molecule has 0 aliphatic rings. The van der Waals surface area contributed by atoms with E-state index in [1.54, 1.807) is 24.5 Å². The number of carbonyl (C=O) groups excluding carboxylic acids is 1. The molecule has 0 aliphatic carbocycles. The van der Waals surface area contributed by atoms with Gasteiger partial charge in [-0.1, -0.05) is 48.5 Å². The van der Waals surface area contributed by atoms with Crippen LogP contribution in [0.15, 0.2) is 60.7 Å². The van der Waals surface area contributed by atoms with E-state index in [4.69, 9.17) is 4.74 Å². The van der Waals surface area contributed by atoms with Crippen molar-refractivity contribution in [3.63, 3.8) is 0 Å². The molecule has 138 valence electrons. The van der Waals surface area contributed by atoms with Crippen LogP contribution in [0.25, 0.3) is 16.6 Å². The highest BCUT2D eigenvalue weighted by atomic mass is 32.1. The zero-order valence-electron chi connectivity index (χ0n) is 15.6. The van der Waals surface area contributed by atoms with Crippen LogP contribution in [0.4, 0.5) is 0 Å². The second-order valence-electron chi connectivity index (χ2n) is 6.14. The second-order valence-corrected chi connectivity index (χ2v) is 7.17. The standard InChI is InChI=1S/C22H22N2O2S/c1-15(21-16(2)24-22(27-21)18-10-5-4-6-11-18)23-20(25)14-13-17-9-7-8-12-19(17)26-3/h4-15H,1-3H3,(H,23,25). The van der Waals surface area contributed by atoms with Gasteiger partial charge in [0.05, 0.1) is 23.7 Å². The van der Waals surface area contributed by atoms with Crippen molar-refractivity contribution >= 4 is 23.3 Å². The van der Waals surface area contributed by atoms with Crippen LogP contribution in [0, 0.1) is 6.92 Å². The number of hydrogen-bond acceptors (Lipinski definition) is 4. The van der Waals surface area contributed by atoms with Gasteiger partial charge in [0.25, 0.3) is 0 Å². The molecule has 0 saturated carbocycles. The van der Waals surface area contributed by atoms with Crippen molar-refractivity contribution in [1.29, 1.82) is 0 Å². The molecule has 0 fully saturated rings. The van der Waals surface area contributed by atoms with Crippen LogP contribution in [-0.2, 0) is 4.79 Å². The highest BCUT2D eigenvalue weighted by molar-refractivity contribution is 7.15. The van der Waals surface area contributed by atoms with Gasteiger partial charge in [0, 0.05) is 17.2 Å². The molecule has 0 aliphatic heterocycles. The van der Waals surface area contributed by atoms with Crippen LogP contribution in [0.3, 0.4) is 0 Å². The number of rotatable bonds is 6. The zero-order chi connectivity index (χ0) is 19.2. The van der Waals surface area contributed by atoms with Crippen molar-refractivity contribution < 1.29 is 9.53 Å². The predicted octanol–water partition coefficient (Wildman–Crippen LogP) is 5.02. The normalized spacial score (nSPS) is 12.1. The average Bonchev–Trinajstić information content (AvgIpc) is 3.09. The van der Waals surface area contributed by atoms with E-state index in [1.165, 1.54) is 6.08 Å². The lowest BCUT2D eigenvalue weighted by Gasteiger charge is -2.11. The minimum atomic E-state index is -0.150. The smallest absolute Gasteiger partial charge is 0.244 e. The summed E-state index contributed by atoms with van der Waals surface area (Å²) >= 11 is 1.61. The maximum absolute atomic E-state index is 12.3. The first-order valence-electron chi connectivity index (χ1n) is 8.73. The average molecular weight is 378 g/mol. The van der Waals surface area contributed by atoms with Crippen LogP contribution in [0.2, 0.25) is 0 Å². The van der Waals surface area contributed by atoms with Crippen molar-refractivity contribution in [1.82, 2.24) is 10.3 Å². The predicted molar refractivity (Wildman–Crippen MR) is 111 cm³/mol. The van der Waals surface area contributed by atoms with E-state index in [2.05, 4.69) is 10.3 Å². The number of hydrogen-bond donors (Lipinski definition) is 1. The van der Waals surface area contributed by atoms with Gasteiger partial charge in [-0.25, -0.2) is 4.98 Å². The van der Waals surface area contributed by atoms with Gasteiger partial charge in [-0.15, -0.1) is 11.3 Å². The Labute approximate surface area is 163 Å². The lowest BCUT2D eigenvalue weighted by atomic mass is 10.2. The van der Waals surface area contributed by atoms with Crippen molar-refractivity contribution in [2.45, 2.75) is 19.9 Å². The summed E-state index contributed by atoms with van der Waals surface area (Å²) in [7, 11) is 1.62. The summed E-state index contributed by atoms with van der Waals surface area (Å²) in [5.41, 5.74) is 2.90. The monoisotopic (exact) mass is 378 g/mol. The number of thiazole rings is 1. The molecule has 3 aromatic rings. The molecule has 2 aromatic carbocycles. The molecular formula is C22H22N2O2S. The van der Waals surface area contributed by atoms with E-state index in [1.807, 2.05) is 68.4 Å². The minimum absolute atomic E-state index is 0.116. The largest absolute Gasteiger partial charge is 0.496 e. The molecule has 1 heterocycles. The summed E-state index contributed by atoms with van der Waals surface area (Å²) in [4.78, 5) is 18.1. The third-order valence-corrected chi connectivity index (χ3v) is 5.55. The Morgan fingerprint density at radius 1 is 1.15 bits per heavy atom. The Morgan fingerprint density at radius 2 is 1.85 bits per heavy atom. The van der Waals surface area contributed by atoms with E-state index in [-0.39, 0.29) is 11.9 Å². The number of nitrogens with one attached hydrogen (secondary N) is 1. The van der Waals surface area contributed by atoms with Gasteiger partial charge in [-0.3, -0.25) is 4.79 Å². The molecule has 0 spiro atoms. The maximum atomic E-state index is 12.3. The van der Waals surface area contributed by atoms with Gasteiger partial charge < -0.3 is 10.1 Å². The fourth-order valence-electron chi connectivity index (χ4n) is 2.81. The molecule has 0 saturated heterocycles. The highest BCUT2D eigenvalue weighted by Crippen LogP contribution is 2.31. The number of para-hydroxylation sites is 1. The fourth-order valence-corrected chi connectivity index (χ4v) is 3.88. The minimum Gasteiger partial charge on any atom is -0.496 e. The molecule has 3 rings (SSSR count). The Balaban J connectivity index is 1.70. The Morgan fingerprint density at radius 3 is 2.59 bits per heavy atom. The van der Waals surface area contributed by atoms with Crippen molar-refractivity contribution in [2.75, 3.05) is 7.11 Å². The molecule has 1 atom stereocenters. The van der Waals surface area contributed by atoms with Crippen LogP contribution in [-0.4, -0.2) is 18.0 Å². The number of carbonyl (C=O) groups is 1. The first kappa shape index (κ1) is 18.9. The third-order valence-electron chi connectivity index (χ3n) is 4.16. The Hall–Kier alpha value is -2.92. The highest BCUT2D eigenvalue weighted by Gasteiger charge is 2.16. The number of amides is 1. The number of aryl methyl sites for hydroxylation is 1. The second kappa shape index (κ2) is 8.64. The van der Waals surface area contributed by atoms with E-state index in [0.717, 1.165) is 32.5 Å². The Bertz CT molecular complexity index is 948. The number of benzene rings is 2. The van der Waals surface area contributed by atoms with Crippen LogP contribution >= 0.6 is 11.3 Å². The van der Waals surface area contributed by atoms with Gasteiger partial charge in [0.15, 0.2) is 0 Å². The quantitative estimate of drug-likeness (QED) is 0.613. The number of aromatic nitrogens is 1. The van der Waals surface area contributed by atoms with Crippen molar-refractivity contribution in [3.05, 3.63) is 76.8 Å². The van der Waals surface area contributed by atoms with Gasteiger partial charge in [0.2, 0.25) is 5.91 Å². The first-order chi connectivity index (χ1) is 13.1. The molecule has 4 nitrogen and oxygen atoms in total. The molecule has 1 unspecified atom stereocenters. The van der Waals surface area contributed by atoms with E-state index in [9.17, 15) is 4.79 Å². The lowest BCUT2D eigenvalue weighted by Crippen LogP contribution is -2.24. The molecular weight excluding hydrogens is 356 g/mol. The van der Waals surface area contributed by atoms with E-state index in [0.29, 0.717) is 0 Å². The first-order valence-corrected chi connectivity index (χ1v) is 9.54. The summed E-state index contributed by atoms with van der Waals surface area (Å²) in [5.74, 6) is 0.586. The summed E-state index contributed by atoms with van der Waals surface area (Å²) in [5, 5.41) is 3.98. The summed E-state index contributed by atoms with van der Waals surface area (Å²) < 4.78 is 5.30. The Kier molecular flexibility index (Phi) is 6.04. The number of nitrogens with zero attached hydrogens (tertiary/aromatic N) is 1. The SMILES string of the molecule is COc1ccccc1C=CC(=O)NC(C)c1sc(-c2ccccc2)nc1C. The molecule has 27 heavy (non-hydrogen) atoms. The molecule has 5 heteroatoms.